The van der Waals surface area contributed by atoms with Crippen molar-refractivity contribution in [2.75, 3.05) is 0 Å². The molecule has 0 amide bonds. The summed E-state index contributed by atoms with van der Waals surface area (Å²) in [5.74, 6) is 0.616. The SMILES string of the molecule is Cc1ccc(-n2c(-c3ccncc3)nc3ccccc3c2=O)cc1. The van der Waals surface area contributed by atoms with E-state index in [2.05, 4.69) is 4.98 Å². The average Bonchev–Trinajstić information content (AvgIpc) is 2.63. The van der Waals surface area contributed by atoms with Gasteiger partial charge < -0.3 is 0 Å². The fraction of sp³-hybridized carbons (Fsp3) is 0.0500. The summed E-state index contributed by atoms with van der Waals surface area (Å²) in [7, 11) is 0. The molecule has 4 rings (SSSR count). The zero-order chi connectivity index (χ0) is 16.5. The Bertz CT molecular complexity index is 1070. The number of rotatable bonds is 2. The van der Waals surface area contributed by atoms with Crippen LogP contribution in [0.3, 0.4) is 0 Å². The zero-order valence-corrected chi connectivity index (χ0v) is 13.2. The van der Waals surface area contributed by atoms with Gasteiger partial charge in [-0.2, -0.15) is 0 Å². The molecular weight excluding hydrogens is 298 g/mol. The Morgan fingerprint density at radius 3 is 2.33 bits per heavy atom. The number of fused-ring (bicyclic) bond motifs is 1. The molecule has 2 aromatic carbocycles. The fourth-order valence-electron chi connectivity index (χ4n) is 2.76. The van der Waals surface area contributed by atoms with Crippen LogP contribution in [0.2, 0.25) is 0 Å². The highest BCUT2D eigenvalue weighted by Crippen LogP contribution is 2.21. The molecule has 2 heterocycles. The molecule has 0 aliphatic rings. The lowest BCUT2D eigenvalue weighted by Crippen LogP contribution is -2.21. The van der Waals surface area contributed by atoms with E-state index < -0.39 is 0 Å². The van der Waals surface area contributed by atoms with Crippen molar-refractivity contribution in [2.45, 2.75) is 6.92 Å². The quantitative estimate of drug-likeness (QED) is 0.566. The Labute approximate surface area is 139 Å². The summed E-state index contributed by atoms with van der Waals surface area (Å²) in [6.07, 6.45) is 3.41. The second-order valence-electron chi connectivity index (χ2n) is 5.66. The first-order chi connectivity index (χ1) is 11.7. The van der Waals surface area contributed by atoms with Crippen LogP contribution in [0.4, 0.5) is 0 Å². The second kappa shape index (κ2) is 5.74. The van der Waals surface area contributed by atoms with E-state index in [0.29, 0.717) is 16.7 Å². The number of benzene rings is 2. The van der Waals surface area contributed by atoms with Gasteiger partial charge in [-0.1, -0.05) is 29.8 Å². The van der Waals surface area contributed by atoms with Gasteiger partial charge >= 0.3 is 0 Å². The summed E-state index contributed by atoms with van der Waals surface area (Å²) >= 11 is 0. The summed E-state index contributed by atoms with van der Waals surface area (Å²) in [6.45, 7) is 2.02. The molecule has 0 unspecified atom stereocenters. The fourth-order valence-corrected chi connectivity index (χ4v) is 2.76. The van der Waals surface area contributed by atoms with Gasteiger partial charge in [-0.05, 0) is 43.3 Å². The Hall–Kier alpha value is -3.27. The third-order valence-corrected chi connectivity index (χ3v) is 4.01. The number of hydrogen-bond acceptors (Lipinski definition) is 3. The van der Waals surface area contributed by atoms with Crippen molar-refractivity contribution in [3.63, 3.8) is 0 Å². The molecule has 0 bridgehead atoms. The Morgan fingerprint density at radius 1 is 0.875 bits per heavy atom. The van der Waals surface area contributed by atoms with E-state index >= 15 is 0 Å². The van der Waals surface area contributed by atoms with Crippen LogP contribution in [-0.4, -0.2) is 14.5 Å². The highest BCUT2D eigenvalue weighted by atomic mass is 16.1. The molecule has 116 valence electrons. The van der Waals surface area contributed by atoms with Gasteiger partial charge in [0.1, 0.15) is 5.82 Å². The highest BCUT2D eigenvalue weighted by molar-refractivity contribution is 5.80. The molecular formula is C20H15N3O. The lowest BCUT2D eigenvalue weighted by Gasteiger charge is -2.14. The molecule has 0 fully saturated rings. The number of para-hydroxylation sites is 1. The second-order valence-corrected chi connectivity index (χ2v) is 5.66. The number of nitrogens with zero attached hydrogens (tertiary/aromatic N) is 3. The van der Waals surface area contributed by atoms with Crippen LogP contribution in [-0.2, 0) is 0 Å². The molecule has 0 N–H and O–H groups in total. The van der Waals surface area contributed by atoms with E-state index in [1.165, 1.54) is 0 Å². The van der Waals surface area contributed by atoms with Gasteiger partial charge in [-0.15, -0.1) is 0 Å². The summed E-state index contributed by atoms with van der Waals surface area (Å²) < 4.78 is 1.66. The summed E-state index contributed by atoms with van der Waals surface area (Å²) in [4.78, 5) is 21.9. The Balaban J connectivity index is 2.11. The molecule has 2 aromatic heterocycles. The topological polar surface area (TPSA) is 47.8 Å². The zero-order valence-electron chi connectivity index (χ0n) is 13.2. The summed E-state index contributed by atoms with van der Waals surface area (Å²) in [5.41, 5.74) is 3.42. The lowest BCUT2D eigenvalue weighted by molar-refractivity contribution is 0.974. The van der Waals surface area contributed by atoms with Crippen LogP contribution >= 0.6 is 0 Å². The van der Waals surface area contributed by atoms with Crippen LogP contribution in [0, 0.1) is 6.92 Å². The molecule has 24 heavy (non-hydrogen) atoms. The minimum atomic E-state index is -0.0729. The smallest absolute Gasteiger partial charge is 0.266 e. The lowest BCUT2D eigenvalue weighted by atomic mass is 10.1. The summed E-state index contributed by atoms with van der Waals surface area (Å²) in [5, 5.41) is 0.607. The van der Waals surface area contributed by atoms with Crippen molar-refractivity contribution in [2.24, 2.45) is 0 Å². The summed E-state index contributed by atoms with van der Waals surface area (Å²) in [6, 6.07) is 19.0. The maximum absolute atomic E-state index is 13.1. The van der Waals surface area contributed by atoms with Gasteiger partial charge in [0.25, 0.3) is 5.56 Å². The van der Waals surface area contributed by atoms with Crippen molar-refractivity contribution < 1.29 is 0 Å². The van der Waals surface area contributed by atoms with Crippen LogP contribution in [0.1, 0.15) is 5.56 Å². The molecule has 4 heteroatoms. The first-order valence-corrected chi connectivity index (χ1v) is 7.73. The van der Waals surface area contributed by atoms with E-state index in [-0.39, 0.29) is 5.56 Å². The van der Waals surface area contributed by atoms with Crippen LogP contribution < -0.4 is 5.56 Å². The normalized spacial score (nSPS) is 10.9. The highest BCUT2D eigenvalue weighted by Gasteiger charge is 2.14. The largest absolute Gasteiger partial charge is 0.268 e. The molecule has 0 aliphatic carbocycles. The van der Waals surface area contributed by atoms with E-state index in [9.17, 15) is 4.79 Å². The van der Waals surface area contributed by atoms with Gasteiger partial charge in [0.15, 0.2) is 0 Å². The monoisotopic (exact) mass is 313 g/mol. The van der Waals surface area contributed by atoms with E-state index in [1.54, 1.807) is 17.0 Å². The maximum atomic E-state index is 13.1. The van der Waals surface area contributed by atoms with Crippen molar-refractivity contribution in [3.05, 3.63) is 89.0 Å². The van der Waals surface area contributed by atoms with Gasteiger partial charge in [0.2, 0.25) is 0 Å². The molecule has 0 aliphatic heterocycles. The van der Waals surface area contributed by atoms with Crippen molar-refractivity contribution in [3.8, 4) is 17.1 Å². The predicted molar refractivity (Wildman–Crippen MR) is 95.3 cm³/mol. The van der Waals surface area contributed by atoms with Gasteiger partial charge in [-0.3, -0.25) is 14.3 Å². The third kappa shape index (κ3) is 2.38. The molecule has 4 nitrogen and oxygen atoms in total. The number of hydrogen-bond donors (Lipinski definition) is 0. The standard InChI is InChI=1S/C20H15N3O/c1-14-6-8-16(9-7-14)23-19(15-10-12-21-13-11-15)22-18-5-3-2-4-17(18)20(23)24/h2-13H,1H3. The van der Waals surface area contributed by atoms with Crippen LogP contribution in [0.5, 0.6) is 0 Å². The first kappa shape index (κ1) is 14.3. The Kier molecular flexibility index (Phi) is 3.43. The maximum Gasteiger partial charge on any atom is 0.266 e. The minimum absolute atomic E-state index is 0.0729. The van der Waals surface area contributed by atoms with E-state index in [4.69, 9.17) is 4.98 Å². The van der Waals surface area contributed by atoms with E-state index in [0.717, 1.165) is 16.8 Å². The Morgan fingerprint density at radius 2 is 1.58 bits per heavy atom. The molecule has 4 aromatic rings. The number of pyridine rings is 1. The van der Waals surface area contributed by atoms with E-state index in [1.807, 2.05) is 67.6 Å². The van der Waals surface area contributed by atoms with Gasteiger partial charge in [0, 0.05) is 18.0 Å². The third-order valence-electron chi connectivity index (χ3n) is 4.01. The molecule has 0 radical (unpaired) electrons. The number of aromatic nitrogens is 3. The molecule has 0 atom stereocenters. The first-order valence-electron chi connectivity index (χ1n) is 7.73. The van der Waals surface area contributed by atoms with Crippen LogP contribution in [0.25, 0.3) is 28.0 Å². The molecule has 0 saturated heterocycles. The van der Waals surface area contributed by atoms with Gasteiger partial charge in [0.05, 0.1) is 16.6 Å². The molecule has 0 spiro atoms. The van der Waals surface area contributed by atoms with Gasteiger partial charge in [-0.25, -0.2) is 4.98 Å². The van der Waals surface area contributed by atoms with Crippen molar-refractivity contribution >= 4 is 10.9 Å². The van der Waals surface area contributed by atoms with Crippen LogP contribution in [0.15, 0.2) is 77.9 Å². The predicted octanol–water partition coefficient (Wildman–Crippen LogP) is 3.76. The number of aryl methyl sites for hydroxylation is 1. The van der Waals surface area contributed by atoms with Crippen molar-refractivity contribution in [1.29, 1.82) is 0 Å². The molecule has 0 saturated carbocycles. The average molecular weight is 313 g/mol. The van der Waals surface area contributed by atoms with Crippen molar-refractivity contribution in [1.82, 2.24) is 14.5 Å². The minimum Gasteiger partial charge on any atom is -0.268 e.